The van der Waals surface area contributed by atoms with Crippen LogP contribution in [0.25, 0.3) is 11.4 Å². The molecule has 7 nitrogen and oxygen atoms in total. The molecule has 3 rings (SSSR count). The summed E-state index contributed by atoms with van der Waals surface area (Å²) in [5, 5.41) is 11.8. The Bertz CT molecular complexity index is 1030. The SMILES string of the molecule is O=C(Nc1cnc(-c2cccc(O)c2)nc1)c1cnc(OCC(F)(F)F)c(Cl)c1. The summed E-state index contributed by atoms with van der Waals surface area (Å²) in [5.41, 5.74) is 0.868. The third-order valence-corrected chi connectivity index (χ3v) is 3.73. The Hall–Kier alpha value is -3.40. The van der Waals surface area contributed by atoms with Crippen molar-refractivity contribution in [2.75, 3.05) is 11.9 Å². The Labute approximate surface area is 167 Å². The number of halogens is 4. The monoisotopic (exact) mass is 424 g/mol. The standard InChI is InChI=1S/C18H12ClF3N4O3/c19-14-5-11(6-25-17(14)29-9-18(20,21)22)16(28)26-12-7-23-15(24-8-12)10-2-1-3-13(27)4-10/h1-8,27H,9H2,(H,26,28). The van der Waals surface area contributed by atoms with E-state index in [1.54, 1.807) is 12.1 Å². The molecule has 3 aromatic rings. The summed E-state index contributed by atoms with van der Waals surface area (Å²) in [4.78, 5) is 24.1. The Kier molecular flexibility index (Phi) is 5.83. The third-order valence-electron chi connectivity index (χ3n) is 3.46. The maximum Gasteiger partial charge on any atom is 0.422 e. The molecule has 11 heteroatoms. The van der Waals surface area contributed by atoms with Crippen LogP contribution in [0.3, 0.4) is 0 Å². The van der Waals surface area contributed by atoms with Gasteiger partial charge >= 0.3 is 6.18 Å². The lowest BCUT2D eigenvalue weighted by atomic mass is 10.2. The van der Waals surface area contributed by atoms with Gasteiger partial charge in [-0.2, -0.15) is 13.2 Å². The minimum atomic E-state index is -4.54. The van der Waals surface area contributed by atoms with Gasteiger partial charge in [0.2, 0.25) is 5.88 Å². The summed E-state index contributed by atoms with van der Waals surface area (Å²) in [7, 11) is 0. The second-order valence-electron chi connectivity index (χ2n) is 5.71. The number of anilines is 1. The Morgan fingerprint density at radius 3 is 2.48 bits per heavy atom. The fourth-order valence-corrected chi connectivity index (χ4v) is 2.42. The molecule has 2 heterocycles. The fraction of sp³-hybridized carbons (Fsp3) is 0.111. The van der Waals surface area contributed by atoms with Gasteiger partial charge < -0.3 is 15.2 Å². The lowest BCUT2D eigenvalue weighted by molar-refractivity contribution is -0.154. The first-order chi connectivity index (χ1) is 13.7. The van der Waals surface area contributed by atoms with Crippen LogP contribution in [0.1, 0.15) is 10.4 Å². The Balaban J connectivity index is 1.67. The zero-order valence-electron chi connectivity index (χ0n) is 14.4. The number of phenolic OH excluding ortho intramolecular Hbond substituents is 1. The molecule has 0 fully saturated rings. The van der Waals surface area contributed by atoms with Crippen molar-refractivity contribution in [1.29, 1.82) is 0 Å². The van der Waals surface area contributed by atoms with Crippen molar-refractivity contribution in [2.45, 2.75) is 6.18 Å². The van der Waals surface area contributed by atoms with E-state index >= 15 is 0 Å². The molecular weight excluding hydrogens is 413 g/mol. The smallest absolute Gasteiger partial charge is 0.422 e. The van der Waals surface area contributed by atoms with Crippen LogP contribution in [-0.2, 0) is 0 Å². The number of ether oxygens (including phenoxy) is 1. The van der Waals surface area contributed by atoms with Crippen LogP contribution in [-0.4, -0.2) is 38.7 Å². The lowest BCUT2D eigenvalue weighted by Crippen LogP contribution is -2.20. The molecule has 1 amide bonds. The molecule has 0 radical (unpaired) electrons. The van der Waals surface area contributed by atoms with Gasteiger partial charge in [0.15, 0.2) is 12.4 Å². The first-order valence-electron chi connectivity index (χ1n) is 7.99. The van der Waals surface area contributed by atoms with Crippen molar-refractivity contribution < 1.29 is 27.8 Å². The number of phenols is 1. The number of hydrogen-bond donors (Lipinski definition) is 2. The maximum atomic E-state index is 12.3. The van der Waals surface area contributed by atoms with Crippen molar-refractivity contribution in [3.63, 3.8) is 0 Å². The summed E-state index contributed by atoms with van der Waals surface area (Å²) in [6.45, 7) is -1.55. The quantitative estimate of drug-likeness (QED) is 0.640. The molecule has 2 N–H and O–H groups in total. The van der Waals surface area contributed by atoms with Crippen LogP contribution in [0.2, 0.25) is 5.02 Å². The zero-order chi connectivity index (χ0) is 21.0. The van der Waals surface area contributed by atoms with Crippen LogP contribution in [0, 0.1) is 0 Å². The number of rotatable bonds is 5. The summed E-state index contributed by atoms with van der Waals surface area (Å²) < 4.78 is 41.1. The van der Waals surface area contributed by atoms with Gasteiger partial charge in [0.05, 0.1) is 23.6 Å². The second kappa shape index (κ2) is 8.31. The largest absolute Gasteiger partial charge is 0.508 e. The minimum Gasteiger partial charge on any atom is -0.508 e. The highest BCUT2D eigenvalue weighted by Crippen LogP contribution is 2.25. The van der Waals surface area contributed by atoms with E-state index in [-0.39, 0.29) is 22.0 Å². The molecule has 1 aromatic carbocycles. The summed E-state index contributed by atoms with van der Waals surface area (Å²) in [6, 6.07) is 7.49. The van der Waals surface area contributed by atoms with Crippen molar-refractivity contribution >= 4 is 23.2 Å². The first-order valence-corrected chi connectivity index (χ1v) is 8.37. The van der Waals surface area contributed by atoms with E-state index in [9.17, 15) is 23.1 Å². The average Bonchev–Trinajstić information content (AvgIpc) is 2.67. The molecule has 0 aliphatic heterocycles. The number of benzene rings is 1. The number of nitrogens with one attached hydrogen (secondary N) is 1. The van der Waals surface area contributed by atoms with Crippen molar-refractivity contribution in [1.82, 2.24) is 15.0 Å². The normalized spacial score (nSPS) is 11.2. The topological polar surface area (TPSA) is 97.2 Å². The van der Waals surface area contributed by atoms with Gasteiger partial charge in [0, 0.05) is 11.8 Å². The molecule has 0 saturated carbocycles. The predicted molar refractivity (Wildman–Crippen MR) is 97.9 cm³/mol. The molecule has 29 heavy (non-hydrogen) atoms. The summed E-state index contributed by atoms with van der Waals surface area (Å²) >= 11 is 5.83. The molecule has 0 saturated heterocycles. The molecule has 2 aromatic heterocycles. The van der Waals surface area contributed by atoms with Crippen molar-refractivity contribution in [3.05, 3.63) is 59.5 Å². The zero-order valence-corrected chi connectivity index (χ0v) is 15.2. The van der Waals surface area contributed by atoms with E-state index in [1.807, 2.05) is 0 Å². The highest BCUT2D eigenvalue weighted by molar-refractivity contribution is 6.32. The van der Waals surface area contributed by atoms with Crippen LogP contribution in [0.4, 0.5) is 18.9 Å². The number of pyridine rings is 1. The molecule has 0 spiro atoms. The van der Waals surface area contributed by atoms with Crippen LogP contribution < -0.4 is 10.1 Å². The maximum absolute atomic E-state index is 12.3. The van der Waals surface area contributed by atoms with Gasteiger partial charge in [0.25, 0.3) is 5.91 Å². The molecule has 0 unspecified atom stereocenters. The number of carbonyl (C=O) groups is 1. The Morgan fingerprint density at radius 2 is 1.86 bits per heavy atom. The highest BCUT2D eigenvalue weighted by atomic mass is 35.5. The van der Waals surface area contributed by atoms with Gasteiger partial charge in [0.1, 0.15) is 10.8 Å². The van der Waals surface area contributed by atoms with Crippen molar-refractivity contribution in [2.24, 2.45) is 0 Å². The van der Waals surface area contributed by atoms with Gasteiger partial charge in [-0.15, -0.1) is 0 Å². The minimum absolute atomic E-state index is 0.00594. The number of amides is 1. The van der Waals surface area contributed by atoms with E-state index < -0.39 is 24.6 Å². The van der Waals surface area contributed by atoms with Crippen LogP contribution in [0.5, 0.6) is 11.6 Å². The first kappa shape index (κ1) is 20.3. The third kappa shape index (κ3) is 5.55. The number of aromatic nitrogens is 3. The molecule has 0 aliphatic rings. The number of hydrogen-bond acceptors (Lipinski definition) is 6. The molecule has 0 atom stereocenters. The molecule has 0 bridgehead atoms. The fourth-order valence-electron chi connectivity index (χ4n) is 2.20. The molecular formula is C18H12ClF3N4O3. The van der Waals surface area contributed by atoms with E-state index in [0.29, 0.717) is 11.4 Å². The van der Waals surface area contributed by atoms with Crippen LogP contribution >= 0.6 is 11.6 Å². The van der Waals surface area contributed by atoms with Crippen molar-refractivity contribution in [3.8, 4) is 23.0 Å². The number of alkyl halides is 3. The predicted octanol–water partition coefficient (Wildman–Crippen LogP) is 4.09. The van der Waals surface area contributed by atoms with E-state index in [0.717, 1.165) is 12.3 Å². The van der Waals surface area contributed by atoms with Gasteiger partial charge in [-0.25, -0.2) is 15.0 Å². The van der Waals surface area contributed by atoms with E-state index in [1.165, 1.54) is 24.5 Å². The number of nitrogens with zero attached hydrogens (tertiary/aromatic N) is 3. The molecule has 0 aliphatic carbocycles. The Morgan fingerprint density at radius 1 is 1.14 bits per heavy atom. The van der Waals surface area contributed by atoms with Gasteiger partial charge in [-0.05, 0) is 18.2 Å². The van der Waals surface area contributed by atoms with E-state index in [2.05, 4.69) is 25.0 Å². The van der Waals surface area contributed by atoms with Crippen LogP contribution in [0.15, 0.2) is 48.9 Å². The molecule has 150 valence electrons. The van der Waals surface area contributed by atoms with E-state index in [4.69, 9.17) is 11.6 Å². The average molecular weight is 425 g/mol. The van der Waals surface area contributed by atoms with Gasteiger partial charge in [-0.3, -0.25) is 4.79 Å². The number of aromatic hydroxyl groups is 1. The lowest BCUT2D eigenvalue weighted by Gasteiger charge is -2.10. The van der Waals surface area contributed by atoms with Gasteiger partial charge in [-0.1, -0.05) is 23.7 Å². The summed E-state index contributed by atoms with van der Waals surface area (Å²) in [6.07, 6.45) is -0.777. The highest BCUT2D eigenvalue weighted by Gasteiger charge is 2.29. The summed E-state index contributed by atoms with van der Waals surface area (Å²) in [5.74, 6) is -0.639. The number of carbonyl (C=O) groups excluding carboxylic acids is 1. The second-order valence-corrected chi connectivity index (χ2v) is 6.12.